The average molecular weight is 306 g/mol. The van der Waals surface area contributed by atoms with E-state index in [0.29, 0.717) is 0 Å². The third kappa shape index (κ3) is 2.64. The van der Waals surface area contributed by atoms with Crippen LogP contribution >= 0.6 is 31.9 Å². The zero-order chi connectivity index (χ0) is 10.0. The number of rotatable bonds is 2. The van der Waals surface area contributed by atoms with Gasteiger partial charge in [0, 0.05) is 5.56 Å². The van der Waals surface area contributed by atoms with E-state index in [-0.39, 0.29) is 9.52 Å². The molecule has 0 N–H and O–H groups in total. The van der Waals surface area contributed by atoms with Gasteiger partial charge in [0.1, 0.15) is 3.74 Å². The lowest BCUT2D eigenvalue weighted by Gasteiger charge is -2.06. The summed E-state index contributed by atoms with van der Waals surface area (Å²) in [6.07, 6.45) is 0. The Balaban J connectivity index is 3.09. The number of carbonyl (C=O) groups is 1. The van der Waals surface area contributed by atoms with Crippen LogP contribution in [0.2, 0.25) is 0 Å². The number of ketones is 1. The largest absolute Gasteiger partial charge is 0.292 e. The molecule has 0 unspecified atom stereocenters. The highest BCUT2D eigenvalue weighted by Gasteiger charge is 2.14. The van der Waals surface area contributed by atoms with Crippen LogP contribution in [-0.2, 0) is 0 Å². The van der Waals surface area contributed by atoms with Crippen molar-refractivity contribution in [1.29, 1.82) is 0 Å². The van der Waals surface area contributed by atoms with Crippen LogP contribution < -0.4 is 0 Å². The summed E-state index contributed by atoms with van der Waals surface area (Å²) in [7, 11) is 0. The zero-order valence-corrected chi connectivity index (χ0v) is 10.6. The molecular formula is C10H10Br2O. The lowest BCUT2D eigenvalue weighted by molar-refractivity contribution is 0.101. The molecule has 13 heavy (non-hydrogen) atoms. The smallest absolute Gasteiger partial charge is 0.187 e. The summed E-state index contributed by atoms with van der Waals surface area (Å²) in [5.41, 5.74) is 2.97. The van der Waals surface area contributed by atoms with E-state index in [4.69, 9.17) is 0 Å². The molecule has 0 spiro atoms. The molecule has 0 aliphatic carbocycles. The summed E-state index contributed by atoms with van der Waals surface area (Å²) in [5, 5.41) is 0. The van der Waals surface area contributed by atoms with E-state index in [0.717, 1.165) is 11.1 Å². The Morgan fingerprint density at radius 1 is 1.31 bits per heavy atom. The van der Waals surface area contributed by atoms with Gasteiger partial charge in [-0.2, -0.15) is 0 Å². The highest BCUT2D eigenvalue weighted by Crippen LogP contribution is 2.19. The molecule has 0 fully saturated rings. The number of carbonyl (C=O) groups excluding carboxylic acids is 1. The van der Waals surface area contributed by atoms with E-state index in [1.807, 2.05) is 32.0 Å². The van der Waals surface area contributed by atoms with Crippen molar-refractivity contribution in [3.63, 3.8) is 0 Å². The number of alkyl halides is 2. The van der Waals surface area contributed by atoms with E-state index in [2.05, 4.69) is 31.9 Å². The molecule has 0 atom stereocenters. The molecule has 0 saturated carbocycles. The molecule has 1 rings (SSSR count). The van der Waals surface area contributed by atoms with E-state index >= 15 is 0 Å². The minimum Gasteiger partial charge on any atom is -0.292 e. The molecular weight excluding hydrogens is 296 g/mol. The minimum atomic E-state index is -0.290. The molecule has 0 aliphatic rings. The molecule has 0 bridgehead atoms. The van der Waals surface area contributed by atoms with Crippen molar-refractivity contribution in [2.45, 2.75) is 17.6 Å². The van der Waals surface area contributed by atoms with E-state index in [9.17, 15) is 4.79 Å². The average Bonchev–Trinajstić information content (AvgIpc) is 2.03. The van der Waals surface area contributed by atoms with Gasteiger partial charge in [-0.25, -0.2) is 0 Å². The van der Waals surface area contributed by atoms with Gasteiger partial charge in [-0.15, -0.1) is 0 Å². The van der Waals surface area contributed by atoms with Gasteiger partial charge in [-0.3, -0.25) is 4.79 Å². The summed E-state index contributed by atoms with van der Waals surface area (Å²) >= 11 is 6.39. The van der Waals surface area contributed by atoms with E-state index in [1.54, 1.807) is 0 Å². The van der Waals surface area contributed by atoms with Gasteiger partial charge in [-0.1, -0.05) is 55.6 Å². The zero-order valence-electron chi connectivity index (χ0n) is 7.47. The van der Waals surface area contributed by atoms with Crippen molar-refractivity contribution in [3.8, 4) is 0 Å². The van der Waals surface area contributed by atoms with Gasteiger partial charge in [-0.05, 0) is 19.4 Å². The standard InChI is InChI=1S/C10H10Br2O/c1-6-3-4-8(7(2)5-6)9(13)10(11)12/h3-5,10H,1-2H3. The highest BCUT2D eigenvalue weighted by atomic mass is 79.9. The number of Topliss-reactive ketones (excluding diaryl/α,β-unsaturated/α-hetero) is 1. The number of hydrogen-bond acceptors (Lipinski definition) is 1. The maximum atomic E-state index is 11.6. The summed E-state index contributed by atoms with van der Waals surface area (Å²) < 4.78 is -0.290. The predicted octanol–water partition coefficient (Wildman–Crippen LogP) is 3.60. The molecule has 0 heterocycles. The number of aryl methyl sites for hydroxylation is 2. The van der Waals surface area contributed by atoms with Gasteiger partial charge in [0.2, 0.25) is 0 Å². The summed E-state index contributed by atoms with van der Waals surface area (Å²) in [6, 6.07) is 5.82. The van der Waals surface area contributed by atoms with Gasteiger partial charge in [0.25, 0.3) is 0 Å². The Morgan fingerprint density at radius 3 is 2.38 bits per heavy atom. The molecule has 3 heteroatoms. The van der Waals surface area contributed by atoms with E-state index < -0.39 is 0 Å². The van der Waals surface area contributed by atoms with E-state index in [1.165, 1.54) is 5.56 Å². The molecule has 1 aromatic rings. The fourth-order valence-corrected chi connectivity index (χ4v) is 1.70. The number of benzene rings is 1. The van der Waals surface area contributed by atoms with Crippen molar-refractivity contribution in [2.75, 3.05) is 0 Å². The molecule has 1 aromatic carbocycles. The lowest BCUT2D eigenvalue weighted by Crippen LogP contribution is -2.08. The van der Waals surface area contributed by atoms with Crippen molar-refractivity contribution in [2.24, 2.45) is 0 Å². The first-order valence-corrected chi connectivity index (χ1v) is 5.75. The Bertz CT molecular complexity index is 332. The van der Waals surface area contributed by atoms with Gasteiger partial charge in [0.05, 0.1) is 0 Å². The Morgan fingerprint density at radius 2 is 1.92 bits per heavy atom. The topological polar surface area (TPSA) is 17.1 Å². The van der Waals surface area contributed by atoms with Crippen LogP contribution in [0.5, 0.6) is 0 Å². The predicted molar refractivity (Wildman–Crippen MR) is 61.9 cm³/mol. The Kier molecular flexibility index (Phi) is 3.68. The lowest BCUT2D eigenvalue weighted by atomic mass is 10.0. The van der Waals surface area contributed by atoms with Gasteiger partial charge in [0.15, 0.2) is 5.78 Å². The van der Waals surface area contributed by atoms with Crippen molar-refractivity contribution < 1.29 is 4.79 Å². The maximum Gasteiger partial charge on any atom is 0.187 e. The Labute approximate surface area is 94.8 Å². The fraction of sp³-hybridized carbons (Fsp3) is 0.300. The van der Waals surface area contributed by atoms with Crippen LogP contribution in [-0.4, -0.2) is 9.52 Å². The van der Waals surface area contributed by atoms with Crippen LogP contribution in [0.1, 0.15) is 21.5 Å². The van der Waals surface area contributed by atoms with Crippen molar-refractivity contribution in [1.82, 2.24) is 0 Å². The molecule has 0 aliphatic heterocycles. The monoisotopic (exact) mass is 304 g/mol. The molecule has 0 radical (unpaired) electrons. The van der Waals surface area contributed by atoms with Crippen LogP contribution in [0.4, 0.5) is 0 Å². The third-order valence-electron chi connectivity index (χ3n) is 1.85. The summed E-state index contributed by atoms with van der Waals surface area (Å²) in [4.78, 5) is 11.6. The van der Waals surface area contributed by atoms with Crippen LogP contribution in [0.25, 0.3) is 0 Å². The summed E-state index contributed by atoms with van der Waals surface area (Å²) in [6.45, 7) is 3.96. The normalized spacial score (nSPS) is 10.5. The second-order valence-electron chi connectivity index (χ2n) is 2.98. The second-order valence-corrected chi connectivity index (χ2v) is 6.04. The molecule has 0 aromatic heterocycles. The quantitative estimate of drug-likeness (QED) is 0.603. The van der Waals surface area contributed by atoms with Gasteiger partial charge < -0.3 is 0 Å². The minimum absolute atomic E-state index is 0.0671. The van der Waals surface area contributed by atoms with Crippen LogP contribution in [0.3, 0.4) is 0 Å². The van der Waals surface area contributed by atoms with Crippen molar-refractivity contribution in [3.05, 3.63) is 34.9 Å². The molecule has 1 nitrogen and oxygen atoms in total. The Hall–Kier alpha value is -0.150. The molecule has 0 saturated heterocycles. The van der Waals surface area contributed by atoms with Gasteiger partial charge >= 0.3 is 0 Å². The van der Waals surface area contributed by atoms with Crippen molar-refractivity contribution >= 4 is 37.6 Å². The first-order valence-electron chi connectivity index (χ1n) is 3.92. The van der Waals surface area contributed by atoms with Crippen LogP contribution in [0, 0.1) is 13.8 Å². The first kappa shape index (κ1) is 10.9. The first-order chi connectivity index (χ1) is 6.02. The highest BCUT2D eigenvalue weighted by molar-refractivity contribution is 9.25. The summed E-state index contributed by atoms with van der Waals surface area (Å²) in [5.74, 6) is 0.0671. The molecule has 0 amide bonds. The second kappa shape index (κ2) is 4.38. The number of halogens is 2. The SMILES string of the molecule is Cc1ccc(C(=O)C(Br)Br)c(C)c1. The number of hydrogen-bond donors (Lipinski definition) is 0. The fourth-order valence-electron chi connectivity index (χ4n) is 1.21. The maximum absolute atomic E-state index is 11.6. The third-order valence-corrected chi connectivity index (χ3v) is 2.68. The van der Waals surface area contributed by atoms with Crippen LogP contribution in [0.15, 0.2) is 18.2 Å². The molecule has 70 valence electrons.